The second kappa shape index (κ2) is 3.40. The second-order valence-corrected chi connectivity index (χ2v) is 3.24. The molecule has 0 bridgehead atoms. The molecule has 74 valence electrons. The Balaban J connectivity index is 2.70. The average molecular weight is 192 g/mol. The Bertz CT molecular complexity index is 275. The van der Waals surface area contributed by atoms with E-state index in [1.54, 1.807) is 0 Å². The molecule has 1 aromatic heterocycles. The van der Waals surface area contributed by atoms with Gasteiger partial charge in [0.2, 0.25) is 0 Å². The first-order chi connectivity index (χ1) is 5.88. The van der Waals surface area contributed by atoms with Crippen molar-refractivity contribution >= 4 is 0 Å². The molecule has 13 heavy (non-hydrogen) atoms. The SMILES string of the molecule is CC(C)c1cnn(CC(F)(F)F)c1. The molecule has 0 aliphatic heterocycles. The topological polar surface area (TPSA) is 17.8 Å². The molecule has 0 N–H and O–H groups in total. The van der Waals surface area contributed by atoms with Gasteiger partial charge in [0.15, 0.2) is 0 Å². The highest BCUT2D eigenvalue weighted by atomic mass is 19.4. The molecule has 2 nitrogen and oxygen atoms in total. The Morgan fingerprint density at radius 1 is 1.46 bits per heavy atom. The molecule has 0 radical (unpaired) electrons. The van der Waals surface area contributed by atoms with E-state index in [1.165, 1.54) is 12.4 Å². The summed E-state index contributed by atoms with van der Waals surface area (Å²) in [5, 5.41) is 3.62. The van der Waals surface area contributed by atoms with Gasteiger partial charge in [-0.15, -0.1) is 0 Å². The maximum atomic E-state index is 11.9. The summed E-state index contributed by atoms with van der Waals surface area (Å²) in [7, 11) is 0. The quantitative estimate of drug-likeness (QED) is 0.704. The molecule has 0 unspecified atom stereocenters. The third-order valence-electron chi connectivity index (χ3n) is 1.66. The number of aromatic nitrogens is 2. The van der Waals surface area contributed by atoms with Crippen molar-refractivity contribution in [1.29, 1.82) is 0 Å². The molecule has 0 amide bonds. The fraction of sp³-hybridized carbons (Fsp3) is 0.625. The van der Waals surface area contributed by atoms with Crippen LogP contribution in [0.5, 0.6) is 0 Å². The Labute approximate surface area is 74.4 Å². The Morgan fingerprint density at radius 3 is 2.46 bits per heavy atom. The number of rotatable bonds is 2. The average Bonchev–Trinajstić information content (AvgIpc) is 2.31. The zero-order chi connectivity index (χ0) is 10.1. The lowest BCUT2D eigenvalue weighted by molar-refractivity contribution is -0.142. The lowest BCUT2D eigenvalue weighted by atomic mass is 10.1. The Kier molecular flexibility index (Phi) is 2.63. The summed E-state index contributed by atoms with van der Waals surface area (Å²) in [4.78, 5) is 0. The lowest BCUT2D eigenvalue weighted by Gasteiger charge is -2.05. The highest BCUT2D eigenvalue weighted by Crippen LogP contribution is 2.18. The number of hydrogen-bond donors (Lipinski definition) is 0. The van der Waals surface area contributed by atoms with Gasteiger partial charge >= 0.3 is 6.18 Å². The van der Waals surface area contributed by atoms with Crippen LogP contribution in [0.15, 0.2) is 12.4 Å². The number of hydrogen-bond acceptors (Lipinski definition) is 1. The Morgan fingerprint density at radius 2 is 2.08 bits per heavy atom. The first-order valence-corrected chi connectivity index (χ1v) is 3.97. The normalized spacial score (nSPS) is 12.5. The minimum atomic E-state index is -4.19. The van der Waals surface area contributed by atoms with E-state index < -0.39 is 12.7 Å². The van der Waals surface area contributed by atoms with Crippen LogP contribution in [0, 0.1) is 0 Å². The summed E-state index contributed by atoms with van der Waals surface area (Å²) in [6.07, 6.45) is -1.30. The maximum Gasteiger partial charge on any atom is 0.408 e. The molecule has 0 aliphatic carbocycles. The monoisotopic (exact) mass is 192 g/mol. The second-order valence-electron chi connectivity index (χ2n) is 3.24. The van der Waals surface area contributed by atoms with E-state index in [0.29, 0.717) is 0 Å². The highest BCUT2D eigenvalue weighted by molar-refractivity contribution is 5.08. The first kappa shape index (κ1) is 10.1. The fourth-order valence-corrected chi connectivity index (χ4v) is 0.948. The van der Waals surface area contributed by atoms with Gasteiger partial charge in [0.05, 0.1) is 6.20 Å². The van der Waals surface area contributed by atoms with E-state index >= 15 is 0 Å². The molecular weight excluding hydrogens is 181 g/mol. The largest absolute Gasteiger partial charge is 0.408 e. The first-order valence-electron chi connectivity index (χ1n) is 3.97. The van der Waals surface area contributed by atoms with Crippen molar-refractivity contribution < 1.29 is 13.2 Å². The van der Waals surface area contributed by atoms with Gasteiger partial charge in [0.1, 0.15) is 6.54 Å². The van der Waals surface area contributed by atoms with Gasteiger partial charge in [-0.3, -0.25) is 4.68 Å². The van der Waals surface area contributed by atoms with Gasteiger partial charge in [-0.25, -0.2) is 0 Å². The van der Waals surface area contributed by atoms with Crippen molar-refractivity contribution in [3.63, 3.8) is 0 Å². The maximum absolute atomic E-state index is 11.9. The zero-order valence-corrected chi connectivity index (χ0v) is 7.47. The molecule has 0 fully saturated rings. The van der Waals surface area contributed by atoms with Gasteiger partial charge in [-0.05, 0) is 11.5 Å². The molecule has 5 heteroatoms. The van der Waals surface area contributed by atoms with Gasteiger partial charge in [0.25, 0.3) is 0 Å². The molecule has 0 aromatic carbocycles. The summed E-state index contributed by atoms with van der Waals surface area (Å²) in [6.45, 7) is 2.81. The van der Waals surface area contributed by atoms with Crippen molar-refractivity contribution in [2.24, 2.45) is 0 Å². The van der Waals surface area contributed by atoms with Crippen LogP contribution in [0.3, 0.4) is 0 Å². The number of halogens is 3. The van der Waals surface area contributed by atoms with E-state index in [9.17, 15) is 13.2 Å². The molecule has 0 saturated heterocycles. The van der Waals surface area contributed by atoms with Crippen molar-refractivity contribution in [2.45, 2.75) is 32.5 Å². The predicted octanol–water partition coefficient (Wildman–Crippen LogP) is 2.57. The van der Waals surface area contributed by atoms with E-state index in [2.05, 4.69) is 5.10 Å². The fourth-order valence-electron chi connectivity index (χ4n) is 0.948. The summed E-state index contributed by atoms with van der Waals surface area (Å²) in [5.41, 5.74) is 0.823. The van der Waals surface area contributed by atoms with E-state index in [0.717, 1.165) is 10.2 Å². The van der Waals surface area contributed by atoms with Crippen LogP contribution in [-0.4, -0.2) is 16.0 Å². The molecule has 1 rings (SSSR count). The van der Waals surface area contributed by atoms with Gasteiger partial charge in [-0.2, -0.15) is 18.3 Å². The van der Waals surface area contributed by atoms with Crippen molar-refractivity contribution in [1.82, 2.24) is 9.78 Å². The number of alkyl halides is 3. The van der Waals surface area contributed by atoms with Crippen molar-refractivity contribution in [3.8, 4) is 0 Å². The molecule has 1 heterocycles. The predicted molar refractivity (Wildman–Crippen MR) is 42.4 cm³/mol. The standard InChI is InChI=1S/C8H11F3N2/c1-6(2)7-3-12-13(4-7)5-8(9,10)11/h3-4,6H,5H2,1-2H3. The van der Waals surface area contributed by atoms with Crippen molar-refractivity contribution in [2.75, 3.05) is 0 Å². The lowest BCUT2D eigenvalue weighted by Crippen LogP contribution is -2.17. The van der Waals surface area contributed by atoms with Crippen LogP contribution in [0.1, 0.15) is 25.3 Å². The van der Waals surface area contributed by atoms with Crippen LogP contribution in [0.4, 0.5) is 13.2 Å². The zero-order valence-electron chi connectivity index (χ0n) is 7.47. The van der Waals surface area contributed by atoms with Crippen LogP contribution < -0.4 is 0 Å². The van der Waals surface area contributed by atoms with Crippen molar-refractivity contribution in [3.05, 3.63) is 18.0 Å². The highest BCUT2D eigenvalue weighted by Gasteiger charge is 2.28. The molecule has 0 saturated carbocycles. The van der Waals surface area contributed by atoms with Crippen LogP contribution in [-0.2, 0) is 6.54 Å². The molecule has 1 aromatic rings. The minimum absolute atomic E-state index is 0.210. The number of nitrogens with zero attached hydrogens (tertiary/aromatic N) is 2. The van der Waals surface area contributed by atoms with Crippen LogP contribution >= 0.6 is 0 Å². The third kappa shape index (κ3) is 3.08. The summed E-state index contributed by atoms with van der Waals surface area (Å²) >= 11 is 0. The van der Waals surface area contributed by atoms with Crippen LogP contribution in [0.2, 0.25) is 0 Å². The summed E-state index contributed by atoms with van der Waals surface area (Å²) in [5.74, 6) is 0.210. The minimum Gasteiger partial charge on any atom is -0.263 e. The summed E-state index contributed by atoms with van der Waals surface area (Å²) in [6, 6.07) is 0. The third-order valence-corrected chi connectivity index (χ3v) is 1.66. The molecule has 0 spiro atoms. The van der Waals surface area contributed by atoms with Gasteiger partial charge in [-0.1, -0.05) is 13.8 Å². The van der Waals surface area contributed by atoms with Crippen LogP contribution in [0.25, 0.3) is 0 Å². The van der Waals surface area contributed by atoms with Gasteiger partial charge in [0, 0.05) is 6.20 Å². The molecule has 0 atom stereocenters. The smallest absolute Gasteiger partial charge is 0.263 e. The molecule has 0 aliphatic rings. The van der Waals surface area contributed by atoms with Gasteiger partial charge < -0.3 is 0 Å². The van der Waals surface area contributed by atoms with E-state index in [1.807, 2.05) is 13.8 Å². The Hall–Kier alpha value is -1.00. The summed E-state index contributed by atoms with van der Waals surface area (Å²) < 4.78 is 36.6. The van der Waals surface area contributed by atoms with E-state index in [-0.39, 0.29) is 5.92 Å². The molecular formula is C8H11F3N2. The van der Waals surface area contributed by atoms with E-state index in [4.69, 9.17) is 0 Å².